The standard InChI is InChI=1S/C19H26N4O2/c1-15-12-21-19(25-15)13-20-16-6-8-17(9-7-16)22-18(24)14-23-10-4-2-3-5-11-23/h6-9,12,20H,2-5,10-11,13-14H2,1H3,(H,22,24). The van der Waals surface area contributed by atoms with E-state index >= 15 is 0 Å². The summed E-state index contributed by atoms with van der Waals surface area (Å²) in [5.74, 6) is 1.52. The number of rotatable bonds is 6. The van der Waals surface area contributed by atoms with E-state index in [1.165, 1.54) is 25.7 Å². The molecular weight excluding hydrogens is 316 g/mol. The van der Waals surface area contributed by atoms with Gasteiger partial charge in [-0.05, 0) is 57.1 Å². The highest BCUT2D eigenvalue weighted by Gasteiger charge is 2.13. The average molecular weight is 342 g/mol. The lowest BCUT2D eigenvalue weighted by Gasteiger charge is -2.19. The summed E-state index contributed by atoms with van der Waals surface area (Å²) < 4.78 is 5.43. The number of anilines is 2. The minimum Gasteiger partial charge on any atom is -0.444 e. The number of benzene rings is 1. The molecule has 0 spiro atoms. The van der Waals surface area contributed by atoms with Crippen molar-refractivity contribution >= 4 is 17.3 Å². The van der Waals surface area contributed by atoms with Crippen LogP contribution in [-0.4, -0.2) is 35.4 Å². The molecule has 1 amide bonds. The molecular formula is C19H26N4O2. The molecule has 0 radical (unpaired) electrons. The number of hydrogen-bond acceptors (Lipinski definition) is 5. The minimum atomic E-state index is 0.0536. The molecule has 25 heavy (non-hydrogen) atoms. The van der Waals surface area contributed by atoms with Crippen molar-refractivity contribution in [2.24, 2.45) is 0 Å². The highest BCUT2D eigenvalue weighted by atomic mass is 16.4. The fourth-order valence-electron chi connectivity index (χ4n) is 3.03. The van der Waals surface area contributed by atoms with Gasteiger partial charge in [0.15, 0.2) is 0 Å². The Kier molecular flexibility index (Phi) is 6.06. The van der Waals surface area contributed by atoms with Crippen molar-refractivity contribution < 1.29 is 9.21 Å². The van der Waals surface area contributed by atoms with Crippen LogP contribution >= 0.6 is 0 Å². The van der Waals surface area contributed by atoms with Gasteiger partial charge in [-0.1, -0.05) is 12.8 Å². The zero-order valence-electron chi connectivity index (χ0n) is 14.8. The van der Waals surface area contributed by atoms with Gasteiger partial charge in [-0.2, -0.15) is 0 Å². The number of nitrogens with one attached hydrogen (secondary N) is 2. The fourth-order valence-corrected chi connectivity index (χ4v) is 3.03. The van der Waals surface area contributed by atoms with E-state index in [1.807, 2.05) is 31.2 Å². The first kappa shape index (κ1) is 17.5. The number of oxazole rings is 1. The van der Waals surface area contributed by atoms with Gasteiger partial charge in [-0.25, -0.2) is 4.98 Å². The zero-order chi connectivity index (χ0) is 17.5. The third-order valence-electron chi connectivity index (χ3n) is 4.35. The molecule has 134 valence electrons. The molecule has 3 rings (SSSR count). The number of carbonyl (C=O) groups excluding carboxylic acids is 1. The van der Waals surface area contributed by atoms with Crippen LogP contribution in [-0.2, 0) is 11.3 Å². The second-order valence-electron chi connectivity index (χ2n) is 6.53. The highest BCUT2D eigenvalue weighted by molar-refractivity contribution is 5.92. The van der Waals surface area contributed by atoms with Crippen molar-refractivity contribution in [2.45, 2.75) is 39.2 Å². The van der Waals surface area contributed by atoms with Gasteiger partial charge in [0.05, 0.1) is 19.3 Å². The smallest absolute Gasteiger partial charge is 0.238 e. The maximum absolute atomic E-state index is 12.2. The molecule has 1 aliphatic rings. The number of likely N-dealkylation sites (tertiary alicyclic amines) is 1. The number of aryl methyl sites for hydroxylation is 1. The van der Waals surface area contributed by atoms with Crippen LogP contribution in [0, 0.1) is 6.92 Å². The van der Waals surface area contributed by atoms with Gasteiger partial charge < -0.3 is 15.1 Å². The molecule has 2 aromatic rings. The van der Waals surface area contributed by atoms with Crippen molar-refractivity contribution in [3.63, 3.8) is 0 Å². The number of hydrogen-bond donors (Lipinski definition) is 2. The third-order valence-corrected chi connectivity index (χ3v) is 4.35. The summed E-state index contributed by atoms with van der Waals surface area (Å²) in [4.78, 5) is 18.6. The SMILES string of the molecule is Cc1cnc(CNc2ccc(NC(=O)CN3CCCCCC3)cc2)o1. The summed E-state index contributed by atoms with van der Waals surface area (Å²) in [6.45, 7) is 4.94. The summed E-state index contributed by atoms with van der Waals surface area (Å²) >= 11 is 0. The first-order valence-electron chi connectivity index (χ1n) is 8.96. The predicted octanol–water partition coefficient (Wildman–Crippen LogP) is 3.41. The van der Waals surface area contributed by atoms with Crippen molar-refractivity contribution in [2.75, 3.05) is 30.3 Å². The molecule has 0 saturated carbocycles. The summed E-state index contributed by atoms with van der Waals surface area (Å²) in [5, 5.41) is 6.22. The van der Waals surface area contributed by atoms with Crippen LogP contribution in [0.25, 0.3) is 0 Å². The predicted molar refractivity (Wildman–Crippen MR) is 98.5 cm³/mol. The Morgan fingerprint density at radius 2 is 1.80 bits per heavy atom. The monoisotopic (exact) mass is 342 g/mol. The largest absolute Gasteiger partial charge is 0.444 e. The first-order chi connectivity index (χ1) is 12.2. The Labute approximate surface area is 148 Å². The molecule has 1 fully saturated rings. The minimum absolute atomic E-state index is 0.0536. The molecule has 1 aromatic heterocycles. The lowest BCUT2D eigenvalue weighted by Crippen LogP contribution is -2.33. The van der Waals surface area contributed by atoms with Crippen LogP contribution in [0.3, 0.4) is 0 Å². The van der Waals surface area contributed by atoms with Crippen molar-refractivity contribution in [1.29, 1.82) is 0 Å². The van der Waals surface area contributed by atoms with Gasteiger partial charge >= 0.3 is 0 Å². The van der Waals surface area contributed by atoms with Crippen LogP contribution in [0.1, 0.15) is 37.3 Å². The van der Waals surface area contributed by atoms with Crippen molar-refractivity contribution in [1.82, 2.24) is 9.88 Å². The molecule has 2 N–H and O–H groups in total. The summed E-state index contributed by atoms with van der Waals surface area (Å²) in [7, 11) is 0. The lowest BCUT2D eigenvalue weighted by atomic mass is 10.2. The molecule has 1 saturated heterocycles. The quantitative estimate of drug-likeness (QED) is 0.842. The molecule has 2 heterocycles. The first-order valence-corrected chi connectivity index (χ1v) is 8.96. The highest BCUT2D eigenvalue weighted by Crippen LogP contribution is 2.15. The molecule has 0 atom stereocenters. The van der Waals surface area contributed by atoms with E-state index in [2.05, 4.69) is 20.5 Å². The number of carbonyl (C=O) groups is 1. The average Bonchev–Trinajstić information content (AvgIpc) is 2.85. The van der Waals surface area contributed by atoms with Crippen LogP contribution < -0.4 is 10.6 Å². The number of aromatic nitrogens is 1. The van der Waals surface area contributed by atoms with Crippen molar-refractivity contribution in [3.05, 3.63) is 42.1 Å². The fraction of sp³-hybridized carbons (Fsp3) is 0.474. The lowest BCUT2D eigenvalue weighted by molar-refractivity contribution is -0.117. The van der Waals surface area contributed by atoms with E-state index in [9.17, 15) is 4.79 Å². The van der Waals surface area contributed by atoms with E-state index in [0.29, 0.717) is 19.0 Å². The van der Waals surface area contributed by atoms with E-state index in [0.717, 1.165) is 30.2 Å². The Morgan fingerprint density at radius 1 is 1.12 bits per heavy atom. The molecule has 1 aromatic carbocycles. The van der Waals surface area contributed by atoms with E-state index in [4.69, 9.17) is 4.42 Å². The second-order valence-corrected chi connectivity index (χ2v) is 6.53. The Morgan fingerprint density at radius 3 is 2.44 bits per heavy atom. The summed E-state index contributed by atoms with van der Waals surface area (Å²) in [5.41, 5.74) is 1.78. The van der Waals surface area contributed by atoms with Crippen LogP contribution in [0.4, 0.5) is 11.4 Å². The van der Waals surface area contributed by atoms with Crippen molar-refractivity contribution in [3.8, 4) is 0 Å². The third kappa shape index (κ3) is 5.60. The number of nitrogens with zero attached hydrogens (tertiary/aromatic N) is 2. The van der Waals surface area contributed by atoms with E-state index in [1.54, 1.807) is 6.20 Å². The van der Waals surface area contributed by atoms with E-state index in [-0.39, 0.29) is 5.91 Å². The molecule has 1 aliphatic heterocycles. The maximum Gasteiger partial charge on any atom is 0.238 e. The molecule has 6 heteroatoms. The molecule has 6 nitrogen and oxygen atoms in total. The van der Waals surface area contributed by atoms with Gasteiger partial charge in [0.25, 0.3) is 0 Å². The van der Waals surface area contributed by atoms with Crippen LogP contribution in [0.2, 0.25) is 0 Å². The topological polar surface area (TPSA) is 70.4 Å². The van der Waals surface area contributed by atoms with Crippen LogP contribution in [0.15, 0.2) is 34.9 Å². The molecule has 0 bridgehead atoms. The zero-order valence-corrected chi connectivity index (χ0v) is 14.8. The summed E-state index contributed by atoms with van der Waals surface area (Å²) in [6.07, 6.45) is 6.65. The number of amides is 1. The normalized spacial score (nSPS) is 15.6. The molecule has 0 unspecified atom stereocenters. The van der Waals surface area contributed by atoms with E-state index < -0.39 is 0 Å². The second kappa shape index (κ2) is 8.67. The van der Waals surface area contributed by atoms with Gasteiger partial charge in [-0.3, -0.25) is 9.69 Å². The van der Waals surface area contributed by atoms with Gasteiger partial charge in [0.1, 0.15) is 5.76 Å². The Balaban J connectivity index is 1.45. The summed E-state index contributed by atoms with van der Waals surface area (Å²) in [6, 6.07) is 7.70. The molecule has 0 aliphatic carbocycles. The Hall–Kier alpha value is -2.34. The van der Waals surface area contributed by atoms with Gasteiger partial charge in [-0.15, -0.1) is 0 Å². The van der Waals surface area contributed by atoms with Gasteiger partial charge in [0.2, 0.25) is 11.8 Å². The Bertz CT molecular complexity index is 673. The van der Waals surface area contributed by atoms with Crippen LogP contribution in [0.5, 0.6) is 0 Å². The maximum atomic E-state index is 12.2. The van der Waals surface area contributed by atoms with Gasteiger partial charge in [0, 0.05) is 11.4 Å².